The molecule has 0 bridgehead atoms. The first-order chi connectivity index (χ1) is 5.93. The first kappa shape index (κ1) is 8.85. The maximum atomic E-state index is 4.91. The van der Waals surface area contributed by atoms with Crippen molar-refractivity contribution in [2.45, 2.75) is 12.8 Å². The summed E-state index contributed by atoms with van der Waals surface area (Å²) in [5.41, 5.74) is 0. The first-order valence-corrected chi connectivity index (χ1v) is 4.17. The quantitative estimate of drug-likeness (QED) is 0.577. The van der Waals surface area contributed by atoms with E-state index in [1.54, 1.807) is 7.11 Å². The molecule has 0 radical (unpaired) electrons. The van der Waals surface area contributed by atoms with Gasteiger partial charge in [0.25, 0.3) is 0 Å². The van der Waals surface area contributed by atoms with Crippen molar-refractivity contribution in [1.82, 2.24) is 0 Å². The lowest BCUT2D eigenvalue weighted by atomic mass is 10.1. The van der Waals surface area contributed by atoms with Crippen molar-refractivity contribution in [3.8, 4) is 5.75 Å². The molecule has 0 spiro atoms. The standard InChI is InChI=1S/C7H8O.C4H6/c1-8-7-5-3-2-4-6-7;1-2-4-3-1/h2-6H,1H3;1-2H,3-4H2. The lowest BCUT2D eigenvalue weighted by Gasteiger charge is -1.93. The molecular formula is C11H14O. The van der Waals surface area contributed by atoms with Gasteiger partial charge in [-0.15, -0.1) is 0 Å². The molecule has 1 aliphatic rings. The van der Waals surface area contributed by atoms with E-state index >= 15 is 0 Å². The number of hydrogen-bond donors (Lipinski definition) is 0. The van der Waals surface area contributed by atoms with Gasteiger partial charge in [-0.25, -0.2) is 0 Å². The number of para-hydroxylation sites is 1. The van der Waals surface area contributed by atoms with E-state index in [1.807, 2.05) is 30.3 Å². The number of allylic oxidation sites excluding steroid dienone is 2. The van der Waals surface area contributed by atoms with Gasteiger partial charge in [0.05, 0.1) is 7.11 Å². The highest BCUT2D eigenvalue weighted by atomic mass is 16.5. The molecule has 0 amide bonds. The van der Waals surface area contributed by atoms with Gasteiger partial charge in [-0.05, 0) is 25.0 Å². The van der Waals surface area contributed by atoms with E-state index in [4.69, 9.17) is 4.74 Å². The summed E-state index contributed by atoms with van der Waals surface area (Å²) in [5.74, 6) is 0.910. The fourth-order valence-electron chi connectivity index (χ4n) is 0.723. The summed E-state index contributed by atoms with van der Waals surface area (Å²) in [7, 11) is 1.66. The van der Waals surface area contributed by atoms with Crippen molar-refractivity contribution < 1.29 is 4.74 Å². The summed E-state index contributed by atoms with van der Waals surface area (Å²) >= 11 is 0. The molecule has 1 aromatic rings. The van der Waals surface area contributed by atoms with Crippen LogP contribution in [0.5, 0.6) is 5.75 Å². The molecule has 1 aliphatic carbocycles. The highest BCUT2D eigenvalue weighted by molar-refractivity contribution is 5.20. The lowest BCUT2D eigenvalue weighted by molar-refractivity contribution is 0.415. The molecule has 1 aromatic carbocycles. The van der Waals surface area contributed by atoms with E-state index in [-0.39, 0.29) is 0 Å². The summed E-state index contributed by atoms with van der Waals surface area (Å²) in [6.45, 7) is 0. The van der Waals surface area contributed by atoms with Gasteiger partial charge in [0.2, 0.25) is 0 Å². The third-order valence-corrected chi connectivity index (χ3v) is 1.65. The van der Waals surface area contributed by atoms with E-state index in [0.717, 1.165) is 5.75 Å². The molecule has 1 heteroatoms. The first-order valence-electron chi connectivity index (χ1n) is 4.17. The molecule has 12 heavy (non-hydrogen) atoms. The highest BCUT2D eigenvalue weighted by Crippen LogP contribution is 2.05. The third kappa shape index (κ3) is 3.24. The summed E-state index contributed by atoms with van der Waals surface area (Å²) < 4.78 is 4.91. The van der Waals surface area contributed by atoms with Crippen LogP contribution >= 0.6 is 0 Å². The Bertz CT molecular complexity index is 220. The molecule has 0 aromatic heterocycles. The molecule has 0 saturated heterocycles. The summed E-state index contributed by atoms with van der Waals surface area (Å²) in [5, 5.41) is 0. The largest absolute Gasteiger partial charge is 0.497 e. The zero-order valence-electron chi connectivity index (χ0n) is 7.36. The second kappa shape index (κ2) is 5.42. The predicted octanol–water partition coefficient (Wildman–Crippen LogP) is 3.03. The van der Waals surface area contributed by atoms with Crippen LogP contribution in [0, 0.1) is 0 Å². The molecule has 0 fully saturated rings. The Kier molecular flexibility index (Phi) is 4.00. The van der Waals surface area contributed by atoms with Crippen LogP contribution in [0.1, 0.15) is 12.8 Å². The van der Waals surface area contributed by atoms with Crippen LogP contribution in [0.4, 0.5) is 0 Å². The maximum Gasteiger partial charge on any atom is 0.118 e. The van der Waals surface area contributed by atoms with Crippen molar-refractivity contribution in [2.75, 3.05) is 7.11 Å². The van der Waals surface area contributed by atoms with Gasteiger partial charge in [0, 0.05) is 0 Å². The number of hydrogen-bond acceptors (Lipinski definition) is 1. The van der Waals surface area contributed by atoms with Crippen LogP contribution < -0.4 is 4.74 Å². The molecule has 0 heterocycles. The summed E-state index contributed by atoms with van der Waals surface area (Å²) in [6, 6.07) is 9.68. The predicted molar refractivity (Wildman–Crippen MR) is 51.4 cm³/mol. The fourth-order valence-corrected chi connectivity index (χ4v) is 0.723. The van der Waals surface area contributed by atoms with Crippen molar-refractivity contribution >= 4 is 0 Å². The molecule has 64 valence electrons. The van der Waals surface area contributed by atoms with Crippen molar-refractivity contribution in [2.24, 2.45) is 0 Å². The Balaban J connectivity index is 0.000000150. The van der Waals surface area contributed by atoms with Crippen LogP contribution in [0.2, 0.25) is 0 Å². The third-order valence-electron chi connectivity index (χ3n) is 1.65. The number of methoxy groups -OCH3 is 1. The molecule has 0 unspecified atom stereocenters. The molecule has 0 aliphatic heterocycles. The van der Waals surface area contributed by atoms with E-state index < -0.39 is 0 Å². The van der Waals surface area contributed by atoms with E-state index in [1.165, 1.54) is 12.8 Å². The highest BCUT2D eigenvalue weighted by Gasteiger charge is 1.81. The van der Waals surface area contributed by atoms with E-state index in [2.05, 4.69) is 12.2 Å². The van der Waals surface area contributed by atoms with Gasteiger partial charge in [0.15, 0.2) is 0 Å². The minimum absolute atomic E-state index is 0.910. The topological polar surface area (TPSA) is 9.23 Å². The van der Waals surface area contributed by atoms with Gasteiger partial charge in [-0.2, -0.15) is 0 Å². The fraction of sp³-hybridized carbons (Fsp3) is 0.273. The average molecular weight is 162 g/mol. The van der Waals surface area contributed by atoms with Crippen LogP contribution in [0.3, 0.4) is 0 Å². The second-order valence-electron chi connectivity index (χ2n) is 2.57. The number of ether oxygens (including phenoxy) is 1. The molecule has 0 saturated carbocycles. The van der Waals surface area contributed by atoms with Gasteiger partial charge in [-0.3, -0.25) is 0 Å². The van der Waals surface area contributed by atoms with Gasteiger partial charge in [0.1, 0.15) is 5.75 Å². The minimum Gasteiger partial charge on any atom is -0.497 e. The Morgan fingerprint density at radius 3 is 1.75 bits per heavy atom. The van der Waals surface area contributed by atoms with Crippen molar-refractivity contribution in [3.05, 3.63) is 42.5 Å². The van der Waals surface area contributed by atoms with Gasteiger partial charge in [-0.1, -0.05) is 30.4 Å². The van der Waals surface area contributed by atoms with Crippen molar-refractivity contribution in [3.63, 3.8) is 0 Å². The van der Waals surface area contributed by atoms with Gasteiger partial charge >= 0.3 is 0 Å². The molecule has 0 N–H and O–H groups in total. The zero-order chi connectivity index (χ0) is 8.65. The summed E-state index contributed by atoms with van der Waals surface area (Å²) in [4.78, 5) is 0. The summed E-state index contributed by atoms with van der Waals surface area (Å²) in [6.07, 6.45) is 7.00. The molecule has 0 atom stereocenters. The van der Waals surface area contributed by atoms with Crippen LogP contribution in [-0.4, -0.2) is 7.11 Å². The maximum absolute atomic E-state index is 4.91. The smallest absolute Gasteiger partial charge is 0.118 e. The van der Waals surface area contributed by atoms with Crippen molar-refractivity contribution in [1.29, 1.82) is 0 Å². The molecular weight excluding hydrogens is 148 g/mol. The molecule has 2 rings (SSSR count). The van der Waals surface area contributed by atoms with Crippen LogP contribution in [0.15, 0.2) is 42.5 Å². The normalized spacial score (nSPS) is 12.4. The monoisotopic (exact) mass is 162 g/mol. The van der Waals surface area contributed by atoms with Gasteiger partial charge < -0.3 is 4.74 Å². The second-order valence-corrected chi connectivity index (χ2v) is 2.57. The Morgan fingerprint density at radius 1 is 1.00 bits per heavy atom. The molecule has 1 nitrogen and oxygen atoms in total. The Labute approximate surface area is 73.7 Å². The number of benzene rings is 1. The number of rotatable bonds is 1. The van der Waals surface area contributed by atoms with Crippen LogP contribution in [0.25, 0.3) is 0 Å². The average Bonchev–Trinajstić information content (AvgIpc) is 2.03. The van der Waals surface area contributed by atoms with Crippen LogP contribution in [-0.2, 0) is 0 Å². The Morgan fingerprint density at radius 2 is 1.50 bits per heavy atom. The Hall–Kier alpha value is -1.24. The zero-order valence-corrected chi connectivity index (χ0v) is 7.36. The minimum atomic E-state index is 0.910. The van der Waals surface area contributed by atoms with E-state index in [0.29, 0.717) is 0 Å². The van der Waals surface area contributed by atoms with E-state index in [9.17, 15) is 0 Å². The lowest BCUT2D eigenvalue weighted by Crippen LogP contribution is -1.78. The SMILES string of the molecule is C1=CCC1.COc1ccccc1.